The molecule has 132 valence electrons. The van der Waals surface area contributed by atoms with E-state index in [2.05, 4.69) is 21.2 Å². The van der Waals surface area contributed by atoms with Crippen molar-refractivity contribution in [3.05, 3.63) is 57.6 Å². The molecule has 0 unspecified atom stereocenters. The molecule has 1 N–H and O–H groups in total. The number of hydrogen-bond acceptors (Lipinski definition) is 4. The lowest BCUT2D eigenvalue weighted by atomic mass is 10.1. The molecule has 0 aliphatic rings. The van der Waals surface area contributed by atoms with E-state index in [0.29, 0.717) is 11.4 Å². The largest absolute Gasteiger partial charge is 0.482 e. The van der Waals surface area contributed by atoms with Crippen LogP contribution < -0.4 is 10.1 Å². The molecule has 1 amide bonds. The van der Waals surface area contributed by atoms with E-state index in [0.717, 1.165) is 21.2 Å². The molecule has 0 atom stereocenters. The van der Waals surface area contributed by atoms with Crippen molar-refractivity contribution in [2.75, 3.05) is 18.5 Å². The van der Waals surface area contributed by atoms with Gasteiger partial charge in [0.25, 0.3) is 5.91 Å². The minimum atomic E-state index is -0.601. The summed E-state index contributed by atoms with van der Waals surface area (Å²) >= 11 is 3.37. The Morgan fingerprint density at radius 2 is 1.76 bits per heavy atom. The quantitative estimate of drug-likeness (QED) is 0.739. The molecule has 0 heterocycles. The maximum Gasteiger partial charge on any atom is 0.344 e. The SMILES string of the molecule is Cc1ccc(NC(=O)COC(=O)COc2ccc(C)c(C)c2)c(Br)c1. The molecule has 0 saturated carbocycles. The minimum Gasteiger partial charge on any atom is -0.482 e. The van der Waals surface area contributed by atoms with Crippen molar-refractivity contribution < 1.29 is 19.1 Å². The summed E-state index contributed by atoms with van der Waals surface area (Å²) in [5.74, 6) is -0.423. The average molecular weight is 406 g/mol. The Hall–Kier alpha value is -2.34. The first kappa shape index (κ1) is 19.0. The van der Waals surface area contributed by atoms with Crippen LogP contribution in [0.2, 0.25) is 0 Å². The monoisotopic (exact) mass is 405 g/mol. The van der Waals surface area contributed by atoms with Gasteiger partial charge in [0, 0.05) is 4.47 Å². The zero-order valence-corrected chi connectivity index (χ0v) is 16.0. The predicted molar refractivity (Wildman–Crippen MR) is 99.9 cm³/mol. The van der Waals surface area contributed by atoms with Gasteiger partial charge in [0.1, 0.15) is 5.75 Å². The van der Waals surface area contributed by atoms with Gasteiger partial charge in [-0.05, 0) is 77.7 Å². The summed E-state index contributed by atoms with van der Waals surface area (Å²) in [7, 11) is 0. The molecule has 5 nitrogen and oxygen atoms in total. The number of halogens is 1. The summed E-state index contributed by atoms with van der Waals surface area (Å²) in [5.41, 5.74) is 3.92. The van der Waals surface area contributed by atoms with Crippen LogP contribution in [-0.4, -0.2) is 25.1 Å². The van der Waals surface area contributed by atoms with E-state index in [9.17, 15) is 9.59 Å². The normalized spacial score (nSPS) is 10.2. The fraction of sp³-hybridized carbons (Fsp3) is 0.263. The van der Waals surface area contributed by atoms with Crippen LogP contribution in [0.3, 0.4) is 0 Å². The van der Waals surface area contributed by atoms with Crippen molar-refractivity contribution in [3.8, 4) is 5.75 Å². The van der Waals surface area contributed by atoms with Crippen molar-refractivity contribution in [1.82, 2.24) is 0 Å². The second kappa shape index (κ2) is 8.67. The fourth-order valence-electron chi connectivity index (χ4n) is 2.04. The number of carbonyl (C=O) groups excluding carboxylic acids is 2. The summed E-state index contributed by atoms with van der Waals surface area (Å²) < 4.78 is 11.1. The number of carbonyl (C=O) groups is 2. The van der Waals surface area contributed by atoms with Gasteiger partial charge in [0.15, 0.2) is 13.2 Å². The first-order valence-corrected chi connectivity index (χ1v) is 8.56. The lowest BCUT2D eigenvalue weighted by Gasteiger charge is -2.10. The molecule has 0 aromatic heterocycles. The zero-order valence-electron chi connectivity index (χ0n) is 14.4. The van der Waals surface area contributed by atoms with E-state index in [1.165, 1.54) is 0 Å². The van der Waals surface area contributed by atoms with Crippen LogP contribution in [0.4, 0.5) is 5.69 Å². The van der Waals surface area contributed by atoms with Gasteiger partial charge in [0.05, 0.1) is 5.69 Å². The number of esters is 1. The first-order chi connectivity index (χ1) is 11.8. The van der Waals surface area contributed by atoms with E-state index in [4.69, 9.17) is 9.47 Å². The van der Waals surface area contributed by atoms with Crippen LogP contribution >= 0.6 is 15.9 Å². The van der Waals surface area contributed by atoms with Crippen molar-refractivity contribution in [2.24, 2.45) is 0 Å². The number of benzene rings is 2. The molecular weight excluding hydrogens is 386 g/mol. The summed E-state index contributed by atoms with van der Waals surface area (Å²) in [5, 5.41) is 2.68. The molecule has 6 heteroatoms. The van der Waals surface area contributed by atoms with Crippen LogP contribution in [0.25, 0.3) is 0 Å². The summed E-state index contributed by atoms with van der Waals surface area (Å²) in [6.45, 7) is 5.31. The highest BCUT2D eigenvalue weighted by Crippen LogP contribution is 2.23. The molecule has 0 aliphatic carbocycles. The van der Waals surface area contributed by atoms with E-state index in [1.807, 2.05) is 45.0 Å². The Bertz CT molecular complexity index is 789. The highest BCUT2D eigenvalue weighted by atomic mass is 79.9. The second-order valence-corrected chi connectivity index (χ2v) is 6.58. The molecular formula is C19H20BrNO4. The number of ether oxygens (including phenoxy) is 2. The molecule has 0 saturated heterocycles. The van der Waals surface area contributed by atoms with Gasteiger partial charge < -0.3 is 14.8 Å². The van der Waals surface area contributed by atoms with Crippen LogP contribution in [0.1, 0.15) is 16.7 Å². The molecule has 2 aromatic carbocycles. The van der Waals surface area contributed by atoms with E-state index < -0.39 is 11.9 Å². The zero-order chi connectivity index (χ0) is 18.4. The van der Waals surface area contributed by atoms with Crippen LogP contribution in [0.5, 0.6) is 5.75 Å². The molecule has 25 heavy (non-hydrogen) atoms. The van der Waals surface area contributed by atoms with Gasteiger partial charge in [-0.15, -0.1) is 0 Å². The van der Waals surface area contributed by atoms with Crippen LogP contribution in [0.15, 0.2) is 40.9 Å². The number of hydrogen-bond donors (Lipinski definition) is 1. The molecule has 0 spiro atoms. The topological polar surface area (TPSA) is 64.6 Å². The van der Waals surface area contributed by atoms with E-state index in [1.54, 1.807) is 12.1 Å². The molecule has 0 radical (unpaired) electrons. The van der Waals surface area contributed by atoms with Gasteiger partial charge in [-0.3, -0.25) is 4.79 Å². The van der Waals surface area contributed by atoms with E-state index >= 15 is 0 Å². The van der Waals surface area contributed by atoms with Crippen molar-refractivity contribution >= 4 is 33.5 Å². The molecule has 2 rings (SSSR count). The number of anilines is 1. The third-order valence-corrected chi connectivity index (χ3v) is 4.25. The number of aryl methyl sites for hydroxylation is 3. The van der Waals surface area contributed by atoms with Gasteiger partial charge in [-0.25, -0.2) is 4.79 Å². The predicted octanol–water partition coefficient (Wildman–Crippen LogP) is 3.94. The summed E-state index contributed by atoms with van der Waals surface area (Å²) in [4.78, 5) is 23.6. The third-order valence-electron chi connectivity index (χ3n) is 3.60. The standard InChI is InChI=1S/C19H20BrNO4/c1-12-4-7-17(16(20)8-12)21-18(22)10-25-19(23)11-24-15-6-5-13(2)14(3)9-15/h4-9H,10-11H2,1-3H3,(H,21,22). The molecule has 2 aromatic rings. The lowest BCUT2D eigenvalue weighted by Crippen LogP contribution is -2.23. The third kappa shape index (κ3) is 5.90. The average Bonchev–Trinajstić information content (AvgIpc) is 2.56. The lowest BCUT2D eigenvalue weighted by molar-refractivity contribution is -0.149. The first-order valence-electron chi connectivity index (χ1n) is 7.77. The number of nitrogens with one attached hydrogen (secondary N) is 1. The summed E-state index contributed by atoms with van der Waals surface area (Å²) in [6.07, 6.45) is 0. The Kier molecular flexibility index (Phi) is 6.58. The Balaban J connectivity index is 1.77. The Morgan fingerprint density at radius 3 is 2.44 bits per heavy atom. The Labute approximate surface area is 155 Å². The number of rotatable bonds is 6. The van der Waals surface area contributed by atoms with Crippen molar-refractivity contribution in [3.63, 3.8) is 0 Å². The van der Waals surface area contributed by atoms with Gasteiger partial charge in [-0.2, -0.15) is 0 Å². The highest BCUT2D eigenvalue weighted by Gasteiger charge is 2.10. The molecule has 0 bridgehead atoms. The molecule has 0 fully saturated rings. The van der Waals surface area contributed by atoms with Gasteiger partial charge >= 0.3 is 5.97 Å². The van der Waals surface area contributed by atoms with Crippen molar-refractivity contribution in [2.45, 2.75) is 20.8 Å². The smallest absolute Gasteiger partial charge is 0.344 e. The second-order valence-electron chi connectivity index (χ2n) is 5.73. The van der Waals surface area contributed by atoms with Gasteiger partial charge in [0.2, 0.25) is 0 Å². The summed E-state index contributed by atoms with van der Waals surface area (Å²) in [6, 6.07) is 11.1. The molecule has 0 aliphatic heterocycles. The van der Waals surface area contributed by atoms with Crippen LogP contribution in [-0.2, 0) is 14.3 Å². The van der Waals surface area contributed by atoms with Crippen LogP contribution in [0, 0.1) is 20.8 Å². The van der Waals surface area contributed by atoms with E-state index in [-0.39, 0.29) is 13.2 Å². The maximum atomic E-state index is 11.9. The fourth-order valence-corrected chi connectivity index (χ4v) is 2.63. The minimum absolute atomic E-state index is 0.246. The van der Waals surface area contributed by atoms with Gasteiger partial charge in [-0.1, -0.05) is 12.1 Å². The Morgan fingerprint density at radius 1 is 1.00 bits per heavy atom. The highest BCUT2D eigenvalue weighted by molar-refractivity contribution is 9.10. The number of amides is 1. The van der Waals surface area contributed by atoms with Crippen molar-refractivity contribution in [1.29, 1.82) is 0 Å². The maximum absolute atomic E-state index is 11.9.